The van der Waals surface area contributed by atoms with E-state index in [1.165, 1.54) is 25.7 Å². The fourth-order valence-corrected chi connectivity index (χ4v) is 2.56. The number of hydrogen-bond donors (Lipinski definition) is 1. The van der Waals surface area contributed by atoms with Gasteiger partial charge in [-0.15, -0.1) is 0 Å². The van der Waals surface area contributed by atoms with Crippen molar-refractivity contribution in [1.29, 1.82) is 0 Å². The lowest BCUT2D eigenvalue weighted by Gasteiger charge is -2.25. The molecule has 1 aliphatic rings. The van der Waals surface area contributed by atoms with Crippen LogP contribution in [0.3, 0.4) is 0 Å². The first-order valence-corrected chi connectivity index (χ1v) is 6.78. The minimum atomic E-state index is 0.573. The van der Waals surface area contributed by atoms with Crippen LogP contribution in [0.2, 0.25) is 0 Å². The Hall–Kier alpha value is -1.12. The van der Waals surface area contributed by atoms with Crippen LogP contribution in [0.25, 0.3) is 0 Å². The van der Waals surface area contributed by atoms with Crippen molar-refractivity contribution in [2.24, 2.45) is 5.92 Å². The molecule has 1 aromatic heterocycles. The molecule has 0 bridgehead atoms. The first kappa shape index (κ1) is 12.3. The molecule has 1 heterocycles. The lowest BCUT2D eigenvalue weighted by atomic mass is 9.82. The molecule has 0 radical (unpaired) electrons. The van der Waals surface area contributed by atoms with E-state index >= 15 is 0 Å². The first-order valence-electron chi connectivity index (χ1n) is 6.78. The fraction of sp³-hybridized carbons (Fsp3) is 0.714. The van der Waals surface area contributed by atoms with Crippen LogP contribution in [0.15, 0.2) is 6.07 Å². The van der Waals surface area contributed by atoms with E-state index in [0.29, 0.717) is 5.92 Å². The van der Waals surface area contributed by atoms with Crippen molar-refractivity contribution in [2.45, 2.75) is 52.4 Å². The Balaban J connectivity index is 2.14. The van der Waals surface area contributed by atoms with Crippen LogP contribution < -0.4 is 5.32 Å². The van der Waals surface area contributed by atoms with E-state index in [1.54, 1.807) is 0 Å². The van der Waals surface area contributed by atoms with Gasteiger partial charge in [0.25, 0.3) is 0 Å². The molecule has 0 amide bonds. The van der Waals surface area contributed by atoms with Gasteiger partial charge in [-0.1, -0.05) is 19.8 Å². The Labute approximate surface area is 104 Å². The first-order chi connectivity index (χ1) is 8.19. The third-order valence-electron chi connectivity index (χ3n) is 3.61. The van der Waals surface area contributed by atoms with Crippen molar-refractivity contribution in [2.75, 3.05) is 11.9 Å². The van der Waals surface area contributed by atoms with E-state index in [0.717, 1.165) is 29.8 Å². The summed E-state index contributed by atoms with van der Waals surface area (Å²) in [6.45, 7) is 7.41. The Morgan fingerprint density at radius 1 is 1.24 bits per heavy atom. The van der Waals surface area contributed by atoms with Gasteiger partial charge in [0.2, 0.25) is 0 Å². The second-order valence-electron chi connectivity index (χ2n) is 5.24. The second kappa shape index (κ2) is 5.48. The topological polar surface area (TPSA) is 37.8 Å². The number of nitrogens with one attached hydrogen (secondary N) is 1. The monoisotopic (exact) mass is 233 g/mol. The van der Waals surface area contributed by atoms with Crippen LogP contribution in [0, 0.1) is 12.8 Å². The van der Waals surface area contributed by atoms with E-state index in [2.05, 4.69) is 36.1 Å². The van der Waals surface area contributed by atoms with Crippen molar-refractivity contribution < 1.29 is 0 Å². The van der Waals surface area contributed by atoms with Gasteiger partial charge in [-0.2, -0.15) is 0 Å². The molecule has 3 nitrogen and oxygen atoms in total. The minimum Gasteiger partial charge on any atom is -0.370 e. The third kappa shape index (κ3) is 3.18. The summed E-state index contributed by atoms with van der Waals surface area (Å²) in [5, 5.41) is 3.29. The molecule has 0 aliphatic heterocycles. The summed E-state index contributed by atoms with van der Waals surface area (Å²) >= 11 is 0. The predicted molar refractivity (Wildman–Crippen MR) is 71.3 cm³/mol. The molecule has 0 atom stereocenters. The van der Waals surface area contributed by atoms with Gasteiger partial charge in [0, 0.05) is 24.2 Å². The summed E-state index contributed by atoms with van der Waals surface area (Å²) in [7, 11) is 0. The molecule has 2 rings (SSSR count). The van der Waals surface area contributed by atoms with Gasteiger partial charge in [-0.05, 0) is 32.6 Å². The average Bonchev–Trinajstić information content (AvgIpc) is 2.29. The normalized spacial score (nSPS) is 24.6. The smallest absolute Gasteiger partial charge is 0.134 e. The lowest BCUT2D eigenvalue weighted by molar-refractivity contribution is 0.339. The maximum atomic E-state index is 4.65. The predicted octanol–water partition coefficient (Wildman–Crippen LogP) is 3.51. The van der Waals surface area contributed by atoms with Crippen molar-refractivity contribution in [3.63, 3.8) is 0 Å². The fourth-order valence-electron chi connectivity index (χ4n) is 2.56. The highest BCUT2D eigenvalue weighted by Crippen LogP contribution is 2.34. The largest absolute Gasteiger partial charge is 0.370 e. The molecule has 1 N–H and O–H groups in total. The van der Waals surface area contributed by atoms with Crippen LogP contribution in [-0.2, 0) is 0 Å². The number of rotatable bonds is 3. The second-order valence-corrected chi connectivity index (χ2v) is 5.24. The minimum absolute atomic E-state index is 0.573. The van der Waals surface area contributed by atoms with Crippen LogP contribution in [0.5, 0.6) is 0 Å². The molecule has 17 heavy (non-hydrogen) atoms. The number of nitrogens with zero attached hydrogens (tertiary/aromatic N) is 2. The maximum Gasteiger partial charge on any atom is 0.134 e. The lowest BCUT2D eigenvalue weighted by Crippen LogP contribution is -2.15. The standard InChI is InChI=1S/C14H23N3/c1-4-15-13-9-11(3)16-14(17-13)12-7-5-10(2)6-8-12/h9-10,12H,4-8H2,1-3H3,(H,15,16,17). The van der Waals surface area contributed by atoms with Crippen LogP contribution in [0.1, 0.15) is 57.0 Å². The Morgan fingerprint density at radius 3 is 2.59 bits per heavy atom. The van der Waals surface area contributed by atoms with Crippen molar-refractivity contribution in [3.8, 4) is 0 Å². The number of anilines is 1. The molecular formula is C14H23N3. The summed E-state index contributed by atoms with van der Waals surface area (Å²) in [5.41, 5.74) is 1.07. The van der Waals surface area contributed by atoms with E-state index in [-0.39, 0.29) is 0 Å². The van der Waals surface area contributed by atoms with E-state index in [4.69, 9.17) is 0 Å². The average molecular weight is 233 g/mol. The molecule has 3 heteroatoms. The highest BCUT2D eigenvalue weighted by Gasteiger charge is 2.22. The van der Waals surface area contributed by atoms with E-state index in [1.807, 2.05) is 6.07 Å². The van der Waals surface area contributed by atoms with Gasteiger partial charge in [0.1, 0.15) is 11.6 Å². The molecule has 1 aromatic rings. The SMILES string of the molecule is CCNc1cc(C)nc(C2CCC(C)CC2)n1. The quantitative estimate of drug-likeness (QED) is 0.868. The summed E-state index contributed by atoms with van der Waals surface area (Å²) in [5.74, 6) is 3.48. The molecule has 1 aliphatic carbocycles. The van der Waals surface area contributed by atoms with Crippen molar-refractivity contribution in [1.82, 2.24) is 9.97 Å². The van der Waals surface area contributed by atoms with Gasteiger partial charge in [-0.25, -0.2) is 9.97 Å². The molecule has 0 saturated heterocycles. The van der Waals surface area contributed by atoms with Gasteiger partial charge in [0.15, 0.2) is 0 Å². The summed E-state index contributed by atoms with van der Waals surface area (Å²) < 4.78 is 0. The summed E-state index contributed by atoms with van der Waals surface area (Å²) in [6.07, 6.45) is 5.13. The Bertz CT molecular complexity index is 368. The zero-order valence-electron chi connectivity index (χ0n) is 11.2. The molecule has 1 saturated carbocycles. The van der Waals surface area contributed by atoms with Crippen molar-refractivity contribution in [3.05, 3.63) is 17.6 Å². The molecule has 0 spiro atoms. The highest BCUT2D eigenvalue weighted by atomic mass is 15.0. The van der Waals surface area contributed by atoms with Gasteiger partial charge >= 0.3 is 0 Å². The molecule has 1 fully saturated rings. The van der Waals surface area contributed by atoms with Gasteiger partial charge in [-0.3, -0.25) is 0 Å². The zero-order valence-corrected chi connectivity index (χ0v) is 11.2. The summed E-state index contributed by atoms with van der Waals surface area (Å²) in [6, 6.07) is 2.03. The molecular weight excluding hydrogens is 210 g/mol. The number of aryl methyl sites for hydroxylation is 1. The Morgan fingerprint density at radius 2 is 1.94 bits per heavy atom. The third-order valence-corrected chi connectivity index (χ3v) is 3.61. The number of aromatic nitrogens is 2. The highest BCUT2D eigenvalue weighted by molar-refractivity contribution is 5.36. The maximum absolute atomic E-state index is 4.65. The zero-order chi connectivity index (χ0) is 12.3. The molecule has 0 aromatic carbocycles. The van der Waals surface area contributed by atoms with Gasteiger partial charge < -0.3 is 5.32 Å². The van der Waals surface area contributed by atoms with E-state index in [9.17, 15) is 0 Å². The molecule has 0 unspecified atom stereocenters. The van der Waals surface area contributed by atoms with E-state index < -0.39 is 0 Å². The Kier molecular flexibility index (Phi) is 3.97. The van der Waals surface area contributed by atoms with Crippen molar-refractivity contribution >= 4 is 5.82 Å². The molecule has 94 valence electrons. The number of hydrogen-bond acceptors (Lipinski definition) is 3. The van der Waals surface area contributed by atoms with Crippen LogP contribution in [0.4, 0.5) is 5.82 Å². The van der Waals surface area contributed by atoms with Crippen LogP contribution in [-0.4, -0.2) is 16.5 Å². The summed E-state index contributed by atoms with van der Waals surface area (Å²) in [4.78, 5) is 9.26. The van der Waals surface area contributed by atoms with Crippen LogP contribution >= 0.6 is 0 Å². The van der Waals surface area contributed by atoms with Gasteiger partial charge in [0.05, 0.1) is 0 Å².